The maximum absolute atomic E-state index is 13.4. The van der Waals surface area contributed by atoms with Crippen LogP contribution in [0.4, 0.5) is 16.2 Å². The molecule has 0 aliphatic carbocycles. The Labute approximate surface area is 174 Å². The van der Waals surface area contributed by atoms with E-state index in [0.29, 0.717) is 17.0 Å². The number of urea groups is 1. The lowest BCUT2D eigenvalue weighted by atomic mass is 10.1. The van der Waals surface area contributed by atoms with E-state index in [1.54, 1.807) is 60.7 Å². The van der Waals surface area contributed by atoms with Crippen molar-refractivity contribution in [2.24, 2.45) is 0 Å². The Morgan fingerprint density at radius 2 is 1.73 bits per heavy atom. The van der Waals surface area contributed by atoms with Gasteiger partial charge in [-0.1, -0.05) is 30.3 Å². The number of nitrogens with zero attached hydrogens (tertiary/aromatic N) is 3. The molecule has 0 saturated carbocycles. The average Bonchev–Trinajstić information content (AvgIpc) is 2.77. The van der Waals surface area contributed by atoms with E-state index in [1.165, 1.54) is 24.1 Å². The van der Waals surface area contributed by atoms with E-state index in [9.17, 15) is 13.2 Å². The van der Waals surface area contributed by atoms with Crippen LogP contribution in [0.5, 0.6) is 5.75 Å². The Morgan fingerprint density at radius 3 is 2.43 bits per heavy atom. The Kier molecular flexibility index (Phi) is 4.90. The quantitative estimate of drug-likeness (QED) is 0.640. The van der Waals surface area contributed by atoms with Crippen molar-refractivity contribution in [1.29, 1.82) is 5.26 Å². The second-order valence-electron chi connectivity index (χ2n) is 6.62. The monoisotopic (exact) mass is 419 g/mol. The smallest absolute Gasteiger partial charge is 0.343 e. The number of carbonyl (C=O) groups excluding carboxylic acids is 1. The molecule has 7 nitrogen and oxygen atoms in total. The molecule has 0 aromatic heterocycles. The van der Waals surface area contributed by atoms with Crippen LogP contribution >= 0.6 is 0 Å². The minimum atomic E-state index is -4.10. The summed E-state index contributed by atoms with van der Waals surface area (Å²) >= 11 is 0. The van der Waals surface area contributed by atoms with E-state index in [1.807, 2.05) is 0 Å². The summed E-state index contributed by atoms with van der Waals surface area (Å²) in [6.07, 6.45) is 0. The maximum Gasteiger partial charge on any atom is 0.343 e. The summed E-state index contributed by atoms with van der Waals surface area (Å²) < 4.78 is 32.6. The summed E-state index contributed by atoms with van der Waals surface area (Å²) in [6.45, 7) is 0.150. The van der Waals surface area contributed by atoms with Gasteiger partial charge in [0.15, 0.2) is 0 Å². The third kappa shape index (κ3) is 3.25. The third-order valence-corrected chi connectivity index (χ3v) is 6.54. The zero-order valence-corrected chi connectivity index (χ0v) is 16.8. The number of fused-ring (bicyclic) bond motifs is 1. The van der Waals surface area contributed by atoms with Gasteiger partial charge in [0.25, 0.3) is 10.0 Å². The topological polar surface area (TPSA) is 90.7 Å². The number of ether oxygens (including phenoxy) is 1. The van der Waals surface area contributed by atoms with Gasteiger partial charge >= 0.3 is 6.03 Å². The Hall–Kier alpha value is -3.83. The van der Waals surface area contributed by atoms with Gasteiger partial charge in [0.05, 0.1) is 36.7 Å². The van der Waals surface area contributed by atoms with Crippen molar-refractivity contribution >= 4 is 27.4 Å². The highest BCUT2D eigenvalue weighted by molar-refractivity contribution is 7.94. The molecule has 30 heavy (non-hydrogen) atoms. The van der Waals surface area contributed by atoms with Crippen LogP contribution in [0.1, 0.15) is 11.1 Å². The number of methoxy groups -OCH3 is 1. The molecule has 1 heterocycles. The number of sulfonamides is 1. The molecule has 0 unspecified atom stereocenters. The van der Waals surface area contributed by atoms with Crippen LogP contribution < -0.4 is 13.9 Å². The molecule has 8 heteroatoms. The van der Waals surface area contributed by atoms with Crippen molar-refractivity contribution in [2.45, 2.75) is 11.4 Å². The molecular formula is C22H17N3O4S. The van der Waals surface area contributed by atoms with Gasteiger partial charge in [0.1, 0.15) is 10.6 Å². The molecule has 3 aromatic rings. The van der Waals surface area contributed by atoms with Crippen LogP contribution in [-0.4, -0.2) is 21.6 Å². The van der Waals surface area contributed by atoms with Gasteiger partial charge in [0, 0.05) is 6.07 Å². The third-order valence-electron chi connectivity index (χ3n) is 4.79. The standard InChI is InChI=1S/C22H17N3O4S/c1-29-19-6-4-5-18(13-19)25-22(26)24(15-17-11-9-16(14-23)10-12-17)20-7-2-3-8-21(20)30(25,27)28/h2-13H,15H2,1H3. The van der Waals surface area contributed by atoms with E-state index >= 15 is 0 Å². The molecule has 0 N–H and O–H groups in total. The SMILES string of the molecule is COc1cccc(N2C(=O)N(Cc3ccc(C#N)cc3)c3ccccc3S2(=O)=O)c1. The first-order chi connectivity index (χ1) is 14.5. The summed E-state index contributed by atoms with van der Waals surface area (Å²) in [6, 6.07) is 20.9. The molecule has 0 fully saturated rings. The largest absolute Gasteiger partial charge is 0.497 e. The van der Waals surface area contributed by atoms with Crippen LogP contribution in [0.3, 0.4) is 0 Å². The first kappa shape index (κ1) is 19.5. The minimum absolute atomic E-state index is 0.0427. The fourth-order valence-corrected chi connectivity index (χ4v) is 4.90. The molecule has 0 radical (unpaired) electrons. The highest BCUT2D eigenvalue weighted by atomic mass is 32.2. The molecule has 4 rings (SSSR count). The van der Waals surface area contributed by atoms with Crippen LogP contribution in [0.15, 0.2) is 77.7 Å². The van der Waals surface area contributed by atoms with E-state index in [0.717, 1.165) is 9.87 Å². The molecule has 1 aliphatic rings. The fourth-order valence-electron chi connectivity index (χ4n) is 3.32. The van der Waals surface area contributed by atoms with Crippen LogP contribution in [0, 0.1) is 11.3 Å². The van der Waals surface area contributed by atoms with Gasteiger partial charge < -0.3 is 4.74 Å². The number of nitriles is 1. The molecule has 0 atom stereocenters. The normalized spacial score (nSPS) is 14.7. The van der Waals surface area contributed by atoms with E-state index in [2.05, 4.69) is 6.07 Å². The molecule has 3 aromatic carbocycles. The Bertz CT molecular complexity index is 1260. The number of anilines is 2. The fraction of sp³-hybridized carbons (Fsp3) is 0.0909. The van der Waals surface area contributed by atoms with Gasteiger partial charge in [-0.15, -0.1) is 0 Å². The second kappa shape index (κ2) is 7.54. The summed E-state index contributed by atoms with van der Waals surface area (Å²) in [5.74, 6) is 0.438. The van der Waals surface area contributed by atoms with Gasteiger partial charge in [-0.25, -0.2) is 13.2 Å². The number of hydrogen-bond acceptors (Lipinski definition) is 5. The van der Waals surface area contributed by atoms with Gasteiger partial charge in [0.2, 0.25) is 0 Å². The molecular weight excluding hydrogens is 402 g/mol. The first-order valence-corrected chi connectivity index (χ1v) is 10.5. The van der Waals surface area contributed by atoms with Gasteiger partial charge in [-0.3, -0.25) is 4.90 Å². The van der Waals surface area contributed by atoms with Crippen molar-refractivity contribution in [3.8, 4) is 11.8 Å². The van der Waals surface area contributed by atoms with Crippen molar-refractivity contribution in [2.75, 3.05) is 16.3 Å². The van der Waals surface area contributed by atoms with E-state index in [-0.39, 0.29) is 17.1 Å². The molecule has 150 valence electrons. The van der Waals surface area contributed by atoms with Crippen molar-refractivity contribution in [3.63, 3.8) is 0 Å². The first-order valence-electron chi connectivity index (χ1n) is 9.04. The Morgan fingerprint density at radius 1 is 1.00 bits per heavy atom. The number of benzene rings is 3. The summed E-state index contributed by atoms with van der Waals surface area (Å²) in [4.78, 5) is 14.9. The average molecular weight is 419 g/mol. The maximum atomic E-state index is 13.4. The lowest BCUT2D eigenvalue weighted by molar-refractivity contribution is 0.253. The number of hydrogen-bond donors (Lipinski definition) is 0. The zero-order chi connectivity index (χ0) is 21.3. The van der Waals surface area contributed by atoms with Crippen LogP contribution in [0.25, 0.3) is 0 Å². The number of para-hydroxylation sites is 1. The lowest BCUT2D eigenvalue weighted by Crippen LogP contribution is -2.50. The lowest BCUT2D eigenvalue weighted by Gasteiger charge is -2.36. The van der Waals surface area contributed by atoms with Crippen molar-refractivity contribution < 1.29 is 17.9 Å². The molecule has 1 aliphatic heterocycles. The minimum Gasteiger partial charge on any atom is -0.497 e. The highest BCUT2D eigenvalue weighted by Gasteiger charge is 2.42. The van der Waals surface area contributed by atoms with Crippen molar-refractivity contribution in [3.05, 3.63) is 83.9 Å². The van der Waals surface area contributed by atoms with Gasteiger partial charge in [-0.05, 0) is 42.0 Å². The predicted molar refractivity (Wildman–Crippen MR) is 112 cm³/mol. The summed E-state index contributed by atoms with van der Waals surface area (Å²) in [5, 5.41) is 8.99. The van der Waals surface area contributed by atoms with Crippen LogP contribution in [0.2, 0.25) is 0 Å². The highest BCUT2D eigenvalue weighted by Crippen LogP contribution is 2.38. The number of carbonyl (C=O) groups is 1. The summed E-state index contributed by atoms with van der Waals surface area (Å²) in [7, 11) is -2.63. The number of rotatable bonds is 4. The number of amides is 2. The molecule has 2 amide bonds. The molecule has 0 bridgehead atoms. The summed E-state index contributed by atoms with van der Waals surface area (Å²) in [5.41, 5.74) is 1.77. The predicted octanol–water partition coefficient (Wildman–Crippen LogP) is 3.90. The van der Waals surface area contributed by atoms with E-state index < -0.39 is 16.1 Å². The molecule has 0 spiro atoms. The van der Waals surface area contributed by atoms with E-state index in [4.69, 9.17) is 10.00 Å². The van der Waals surface area contributed by atoms with Crippen molar-refractivity contribution in [1.82, 2.24) is 0 Å². The van der Waals surface area contributed by atoms with Gasteiger partial charge in [-0.2, -0.15) is 9.57 Å². The van der Waals surface area contributed by atoms with Crippen LogP contribution in [-0.2, 0) is 16.6 Å². The molecule has 0 saturated heterocycles. The Balaban J connectivity index is 1.83. The second-order valence-corrected chi connectivity index (χ2v) is 8.37. The zero-order valence-electron chi connectivity index (χ0n) is 16.0.